The summed E-state index contributed by atoms with van der Waals surface area (Å²) in [5.74, 6) is 1.74. The fourth-order valence-electron chi connectivity index (χ4n) is 4.94. The molecule has 1 aromatic rings. The molecular weight excluding hydrogens is 256 g/mol. The molecular formula is C19H28N2. The first kappa shape index (κ1) is 13.6. The zero-order valence-electron chi connectivity index (χ0n) is 13.1. The van der Waals surface area contributed by atoms with Gasteiger partial charge in [0, 0.05) is 24.2 Å². The lowest BCUT2D eigenvalue weighted by Gasteiger charge is -2.44. The molecule has 2 fully saturated rings. The van der Waals surface area contributed by atoms with Gasteiger partial charge in [0.15, 0.2) is 0 Å². The van der Waals surface area contributed by atoms with E-state index in [9.17, 15) is 0 Å². The number of hydrogen-bond donors (Lipinski definition) is 1. The number of benzene rings is 1. The van der Waals surface area contributed by atoms with Crippen LogP contribution in [0.25, 0.3) is 0 Å². The minimum atomic E-state index is 0.727. The quantitative estimate of drug-likeness (QED) is 0.893. The molecule has 0 spiro atoms. The minimum absolute atomic E-state index is 0.727. The van der Waals surface area contributed by atoms with Gasteiger partial charge in [0.25, 0.3) is 0 Å². The Bertz CT molecular complexity index is 482. The molecule has 0 amide bonds. The molecule has 4 rings (SSSR count). The highest BCUT2D eigenvalue weighted by Crippen LogP contribution is 2.37. The average Bonchev–Trinajstić information content (AvgIpc) is 2.96. The zero-order chi connectivity index (χ0) is 14.1. The Hall–Kier alpha value is -1.02. The second-order valence-corrected chi connectivity index (χ2v) is 7.24. The maximum absolute atomic E-state index is 3.58. The van der Waals surface area contributed by atoms with Crippen molar-refractivity contribution in [3.05, 3.63) is 29.8 Å². The Morgan fingerprint density at radius 2 is 1.90 bits per heavy atom. The van der Waals surface area contributed by atoms with Gasteiger partial charge in [-0.1, -0.05) is 31.0 Å². The Kier molecular flexibility index (Phi) is 3.89. The molecule has 1 unspecified atom stereocenters. The fourth-order valence-corrected chi connectivity index (χ4v) is 4.94. The van der Waals surface area contributed by atoms with Crippen LogP contribution >= 0.6 is 0 Å². The third-order valence-electron chi connectivity index (χ3n) is 6.06. The normalized spacial score (nSPS) is 32.3. The molecule has 0 aromatic heterocycles. The van der Waals surface area contributed by atoms with Crippen LogP contribution in [-0.2, 0) is 0 Å². The SMILES string of the molecule is c1ccc2c(c1)NCC2CCN1CCC[C@H]2CCCC[C@H]21. The average molecular weight is 284 g/mol. The molecule has 1 aliphatic carbocycles. The highest BCUT2D eigenvalue weighted by atomic mass is 15.2. The van der Waals surface area contributed by atoms with Crippen LogP contribution < -0.4 is 5.32 Å². The van der Waals surface area contributed by atoms with Crippen LogP contribution in [0.15, 0.2) is 24.3 Å². The number of nitrogens with zero attached hydrogens (tertiary/aromatic N) is 1. The third kappa shape index (κ3) is 2.70. The Balaban J connectivity index is 1.38. The standard InChI is InChI=1S/C19H28N2/c1-4-10-19-15(6-1)7-5-12-21(19)13-11-16-14-20-18-9-3-2-8-17(16)18/h2-3,8-9,15-16,19-20H,1,4-7,10-14H2/t15-,16?,19-/m1/s1. The van der Waals surface area contributed by atoms with Crippen LogP contribution in [0, 0.1) is 5.92 Å². The van der Waals surface area contributed by atoms with Crippen LogP contribution in [0.2, 0.25) is 0 Å². The molecule has 21 heavy (non-hydrogen) atoms. The van der Waals surface area contributed by atoms with Gasteiger partial charge in [-0.2, -0.15) is 0 Å². The zero-order valence-corrected chi connectivity index (χ0v) is 13.1. The number of anilines is 1. The van der Waals surface area contributed by atoms with Gasteiger partial charge in [0.2, 0.25) is 0 Å². The van der Waals surface area contributed by atoms with Crippen molar-refractivity contribution in [2.45, 2.75) is 56.9 Å². The number of para-hydroxylation sites is 1. The molecule has 3 aliphatic rings. The van der Waals surface area contributed by atoms with Gasteiger partial charge in [-0.25, -0.2) is 0 Å². The molecule has 3 atom stereocenters. The summed E-state index contributed by atoms with van der Waals surface area (Å²) in [4.78, 5) is 2.84. The maximum atomic E-state index is 3.58. The van der Waals surface area contributed by atoms with Gasteiger partial charge in [-0.3, -0.25) is 0 Å². The van der Waals surface area contributed by atoms with Gasteiger partial charge in [-0.15, -0.1) is 0 Å². The summed E-state index contributed by atoms with van der Waals surface area (Å²) >= 11 is 0. The molecule has 2 nitrogen and oxygen atoms in total. The Labute approximate surface area is 128 Å². The summed E-state index contributed by atoms with van der Waals surface area (Å²) in [6, 6.07) is 9.80. The summed E-state index contributed by atoms with van der Waals surface area (Å²) in [6.45, 7) is 3.80. The van der Waals surface area contributed by atoms with Crippen molar-refractivity contribution in [2.75, 3.05) is 25.0 Å². The van der Waals surface area contributed by atoms with E-state index in [4.69, 9.17) is 0 Å². The lowest BCUT2D eigenvalue weighted by atomic mass is 9.78. The van der Waals surface area contributed by atoms with E-state index in [1.165, 1.54) is 63.7 Å². The van der Waals surface area contributed by atoms with Gasteiger partial charge < -0.3 is 10.2 Å². The highest BCUT2D eigenvalue weighted by Gasteiger charge is 2.33. The van der Waals surface area contributed by atoms with Crippen molar-refractivity contribution in [3.63, 3.8) is 0 Å². The van der Waals surface area contributed by atoms with Crippen molar-refractivity contribution >= 4 is 5.69 Å². The van der Waals surface area contributed by atoms with E-state index < -0.39 is 0 Å². The van der Waals surface area contributed by atoms with E-state index in [-0.39, 0.29) is 0 Å². The number of fused-ring (bicyclic) bond motifs is 2. The molecule has 114 valence electrons. The molecule has 0 radical (unpaired) electrons. The van der Waals surface area contributed by atoms with Crippen LogP contribution in [0.4, 0.5) is 5.69 Å². The van der Waals surface area contributed by atoms with E-state index in [1.807, 2.05) is 0 Å². The van der Waals surface area contributed by atoms with Crippen molar-refractivity contribution in [2.24, 2.45) is 5.92 Å². The molecule has 2 heteroatoms. The Morgan fingerprint density at radius 1 is 1.05 bits per heavy atom. The van der Waals surface area contributed by atoms with Crippen molar-refractivity contribution < 1.29 is 0 Å². The second kappa shape index (κ2) is 6.00. The molecule has 2 aliphatic heterocycles. The highest BCUT2D eigenvalue weighted by molar-refractivity contribution is 5.57. The predicted octanol–water partition coefficient (Wildman–Crippen LogP) is 4.24. The van der Waals surface area contributed by atoms with Crippen LogP contribution in [-0.4, -0.2) is 30.6 Å². The second-order valence-electron chi connectivity index (χ2n) is 7.24. The summed E-state index contributed by atoms with van der Waals surface area (Å²) in [7, 11) is 0. The number of hydrogen-bond acceptors (Lipinski definition) is 2. The van der Waals surface area contributed by atoms with Gasteiger partial charge in [-0.05, 0) is 62.7 Å². The van der Waals surface area contributed by atoms with E-state index in [0.29, 0.717) is 0 Å². The third-order valence-corrected chi connectivity index (χ3v) is 6.06. The molecule has 2 heterocycles. The van der Waals surface area contributed by atoms with Crippen molar-refractivity contribution in [1.82, 2.24) is 4.90 Å². The molecule has 1 saturated carbocycles. The number of piperidine rings is 1. The number of nitrogens with one attached hydrogen (secondary N) is 1. The first-order chi connectivity index (χ1) is 10.4. The summed E-state index contributed by atoms with van der Waals surface area (Å²) in [6.07, 6.45) is 10.2. The van der Waals surface area contributed by atoms with Crippen LogP contribution in [0.5, 0.6) is 0 Å². The van der Waals surface area contributed by atoms with E-state index in [1.54, 1.807) is 5.56 Å². The number of rotatable bonds is 3. The number of likely N-dealkylation sites (tertiary alicyclic amines) is 1. The predicted molar refractivity (Wildman–Crippen MR) is 88.8 cm³/mol. The topological polar surface area (TPSA) is 15.3 Å². The fraction of sp³-hybridized carbons (Fsp3) is 0.684. The minimum Gasteiger partial charge on any atom is -0.384 e. The lowest BCUT2D eigenvalue weighted by Crippen LogP contribution is -2.47. The maximum Gasteiger partial charge on any atom is 0.0376 e. The van der Waals surface area contributed by atoms with E-state index in [2.05, 4.69) is 34.5 Å². The first-order valence-electron chi connectivity index (χ1n) is 8.98. The van der Waals surface area contributed by atoms with Crippen LogP contribution in [0.3, 0.4) is 0 Å². The van der Waals surface area contributed by atoms with Gasteiger partial charge in [0.05, 0.1) is 0 Å². The van der Waals surface area contributed by atoms with Crippen molar-refractivity contribution in [3.8, 4) is 0 Å². The van der Waals surface area contributed by atoms with Crippen LogP contribution in [0.1, 0.15) is 56.4 Å². The largest absolute Gasteiger partial charge is 0.384 e. The molecule has 1 N–H and O–H groups in total. The van der Waals surface area contributed by atoms with Crippen molar-refractivity contribution in [1.29, 1.82) is 0 Å². The summed E-state index contributed by atoms with van der Waals surface area (Å²) in [5, 5.41) is 3.58. The van der Waals surface area contributed by atoms with E-state index in [0.717, 1.165) is 24.4 Å². The summed E-state index contributed by atoms with van der Waals surface area (Å²) < 4.78 is 0. The Morgan fingerprint density at radius 3 is 2.90 bits per heavy atom. The van der Waals surface area contributed by atoms with E-state index >= 15 is 0 Å². The van der Waals surface area contributed by atoms with Gasteiger partial charge >= 0.3 is 0 Å². The molecule has 0 bridgehead atoms. The van der Waals surface area contributed by atoms with Gasteiger partial charge in [0.1, 0.15) is 0 Å². The first-order valence-corrected chi connectivity index (χ1v) is 8.98. The molecule has 1 aromatic carbocycles. The monoisotopic (exact) mass is 284 g/mol. The lowest BCUT2D eigenvalue weighted by molar-refractivity contribution is 0.0589. The summed E-state index contributed by atoms with van der Waals surface area (Å²) in [5.41, 5.74) is 2.92. The smallest absolute Gasteiger partial charge is 0.0376 e. The molecule has 1 saturated heterocycles.